The van der Waals surface area contributed by atoms with Gasteiger partial charge in [-0.15, -0.1) is 5.10 Å². The van der Waals surface area contributed by atoms with Gasteiger partial charge >= 0.3 is 0 Å². The van der Waals surface area contributed by atoms with Crippen LogP contribution in [0.3, 0.4) is 0 Å². The molecule has 0 spiro atoms. The molecule has 6 nitrogen and oxygen atoms in total. The van der Waals surface area contributed by atoms with E-state index in [2.05, 4.69) is 43.4 Å². The molecule has 1 aliphatic carbocycles. The molecule has 1 saturated carbocycles. The summed E-state index contributed by atoms with van der Waals surface area (Å²) in [6.45, 7) is 2.72. The van der Waals surface area contributed by atoms with Crippen LogP contribution in [0.25, 0.3) is 22.2 Å². The van der Waals surface area contributed by atoms with Crippen LogP contribution in [0, 0.1) is 5.92 Å². The van der Waals surface area contributed by atoms with Crippen molar-refractivity contribution in [3.05, 3.63) is 30.1 Å². The number of aromatic amines is 1. The van der Waals surface area contributed by atoms with Crippen LogP contribution in [0.4, 0.5) is 0 Å². The molecule has 5 rings (SSSR count). The first kappa shape index (κ1) is 14.2. The summed E-state index contributed by atoms with van der Waals surface area (Å²) in [4.78, 5) is 0. The molecule has 124 valence electrons. The minimum absolute atomic E-state index is 0.620. The molecule has 2 fully saturated rings. The smallest absolute Gasteiger partial charge is 0.116 e. The maximum absolute atomic E-state index is 5.48. The zero-order valence-corrected chi connectivity index (χ0v) is 13.6. The Balaban J connectivity index is 1.51. The Bertz CT molecular complexity index is 857. The van der Waals surface area contributed by atoms with Gasteiger partial charge in [0.2, 0.25) is 0 Å². The lowest BCUT2D eigenvalue weighted by molar-refractivity contribution is 0.0597. The van der Waals surface area contributed by atoms with Crippen LogP contribution in [0.2, 0.25) is 0 Å². The number of ether oxygens (including phenoxy) is 1. The van der Waals surface area contributed by atoms with Crippen molar-refractivity contribution < 1.29 is 4.74 Å². The highest BCUT2D eigenvalue weighted by atomic mass is 16.5. The molecule has 1 aliphatic heterocycles. The molecule has 2 aliphatic rings. The quantitative estimate of drug-likeness (QED) is 0.801. The van der Waals surface area contributed by atoms with Crippen LogP contribution in [-0.2, 0) is 11.3 Å². The Labute approximate surface area is 140 Å². The number of aromatic nitrogens is 5. The summed E-state index contributed by atoms with van der Waals surface area (Å²) in [5.74, 6) is 1.28. The number of fused-ring (bicyclic) bond motifs is 1. The molecule has 0 bridgehead atoms. The van der Waals surface area contributed by atoms with Gasteiger partial charge in [0.25, 0.3) is 0 Å². The summed E-state index contributed by atoms with van der Waals surface area (Å²) in [7, 11) is 0. The number of hydrogen-bond acceptors (Lipinski definition) is 4. The second-order valence-corrected chi connectivity index (χ2v) is 7.01. The van der Waals surface area contributed by atoms with Crippen LogP contribution < -0.4 is 0 Å². The molecule has 0 amide bonds. The summed E-state index contributed by atoms with van der Waals surface area (Å²) in [5, 5.41) is 17.3. The Morgan fingerprint density at radius 3 is 2.88 bits per heavy atom. The SMILES string of the molecule is c1cc2[nH]ncc2cc1-c1nnn(CC2CCOCC2)c1C1CC1. The average Bonchev–Trinajstić information content (AvgIpc) is 3.19. The molecular formula is C18H21N5O. The molecule has 3 heterocycles. The number of benzene rings is 1. The molecule has 1 saturated heterocycles. The lowest BCUT2D eigenvalue weighted by atomic mass is 10.00. The summed E-state index contributed by atoms with van der Waals surface area (Å²) < 4.78 is 7.65. The first-order valence-corrected chi connectivity index (χ1v) is 8.83. The Hall–Kier alpha value is -2.21. The van der Waals surface area contributed by atoms with Gasteiger partial charge in [-0.25, -0.2) is 4.68 Å². The second kappa shape index (κ2) is 5.70. The predicted octanol–water partition coefficient (Wildman–Crippen LogP) is 3.13. The van der Waals surface area contributed by atoms with Gasteiger partial charge in [0, 0.05) is 36.6 Å². The fourth-order valence-corrected chi connectivity index (χ4v) is 3.69. The van der Waals surface area contributed by atoms with Crippen molar-refractivity contribution in [3.63, 3.8) is 0 Å². The molecule has 2 aromatic heterocycles. The van der Waals surface area contributed by atoms with Gasteiger partial charge in [-0.1, -0.05) is 11.3 Å². The lowest BCUT2D eigenvalue weighted by Gasteiger charge is -2.22. The van der Waals surface area contributed by atoms with Gasteiger partial charge in [-0.05, 0) is 43.7 Å². The van der Waals surface area contributed by atoms with Crippen LogP contribution in [-0.4, -0.2) is 38.4 Å². The topological polar surface area (TPSA) is 68.6 Å². The van der Waals surface area contributed by atoms with Crippen molar-refractivity contribution in [3.8, 4) is 11.3 Å². The Kier molecular flexibility index (Phi) is 3.36. The molecule has 3 aromatic rings. The first-order valence-electron chi connectivity index (χ1n) is 8.83. The van der Waals surface area contributed by atoms with Gasteiger partial charge in [0.05, 0.1) is 17.4 Å². The summed E-state index contributed by atoms with van der Waals surface area (Å²) >= 11 is 0. The maximum Gasteiger partial charge on any atom is 0.116 e. The zero-order valence-electron chi connectivity index (χ0n) is 13.6. The van der Waals surface area contributed by atoms with Crippen molar-refractivity contribution in [2.75, 3.05) is 13.2 Å². The number of nitrogens with one attached hydrogen (secondary N) is 1. The molecule has 0 radical (unpaired) electrons. The molecule has 24 heavy (non-hydrogen) atoms. The van der Waals surface area contributed by atoms with Crippen molar-refractivity contribution >= 4 is 10.9 Å². The summed E-state index contributed by atoms with van der Waals surface area (Å²) in [5.41, 5.74) is 4.57. The zero-order chi connectivity index (χ0) is 15.9. The standard InChI is InChI=1S/C18H21N5O/c1-2-13(1)18-17(14-3-4-16-15(9-14)10-19-20-16)21-22-23(18)11-12-5-7-24-8-6-12/h3-4,9-10,12-13H,1-2,5-8,11H2,(H,19,20). The molecule has 1 aromatic carbocycles. The van der Waals surface area contributed by atoms with E-state index in [1.165, 1.54) is 18.5 Å². The Morgan fingerprint density at radius 1 is 1.17 bits per heavy atom. The Morgan fingerprint density at radius 2 is 2.04 bits per heavy atom. The molecule has 0 atom stereocenters. The van der Waals surface area contributed by atoms with E-state index in [0.717, 1.165) is 54.8 Å². The minimum Gasteiger partial charge on any atom is -0.381 e. The van der Waals surface area contributed by atoms with Crippen LogP contribution in [0.1, 0.15) is 37.3 Å². The predicted molar refractivity (Wildman–Crippen MR) is 90.6 cm³/mol. The van der Waals surface area contributed by atoms with Crippen LogP contribution in [0.15, 0.2) is 24.4 Å². The minimum atomic E-state index is 0.620. The molecule has 0 unspecified atom stereocenters. The van der Waals surface area contributed by atoms with Gasteiger partial charge < -0.3 is 4.74 Å². The highest BCUT2D eigenvalue weighted by Gasteiger charge is 2.32. The van der Waals surface area contributed by atoms with Gasteiger partial charge in [-0.3, -0.25) is 5.10 Å². The van der Waals surface area contributed by atoms with E-state index in [0.29, 0.717) is 11.8 Å². The fourth-order valence-electron chi connectivity index (χ4n) is 3.69. The van der Waals surface area contributed by atoms with Gasteiger partial charge in [-0.2, -0.15) is 5.10 Å². The summed E-state index contributed by atoms with van der Waals surface area (Å²) in [6.07, 6.45) is 6.62. The van der Waals surface area contributed by atoms with E-state index in [1.54, 1.807) is 0 Å². The number of H-pyrrole nitrogens is 1. The van der Waals surface area contributed by atoms with Crippen molar-refractivity contribution in [2.24, 2.45) is 5.92 Å². The van der Waals surface area contributed by atoms with Crippen LogP contribution in [0.5, 0.6) is 0 Å². The lowest BCUT2D eigenvalue weighted by Crippen LogP contribution is -2.21. The number of nitrogens with zero attached hydrogens (tertiary/aromatic N) is 4. The summed E-state index contributed by atoms with van der Waals surface area (Å²) in [6, 6.07) is 6.36. The highest BCUT2D eigenvalue weighted by Crippen LogP contribution is 2.44. The monoisotopic (exact) mass is 323 g/mol. The normalized spacial score (nSPS) is 19.2. The van der Waals surface area contributed by atoms with E-state index >= 15 is 0 Å². The molecule has 1 N–H and O–H groups in total. The van der Waals surface area contributed by atoms with Gasteiger partial charge in [0.1, 0.15) is 5.69 Å². The van der Waals surface area contributed by atoms with Gasteiger partial charge in [0.15, 0.2) is 0 Å². The fraction of sp³-hybridized carbons (Fsp3) is 0.500. The average molecular weight is 323 g/mol. The van der Waals surface area contributed by atoms with E-state index in [-0.39, 0.29) is 0 Å². The first-order chi connectivity index (χ1) is 11.9. The third kappa shape index (κ3) is 2.51. The van der Waals surface area contributed by atoms with E-state index in [1.807, 2.05) is 6.20 Å². The van der Waals surface area contributed by atoms with Crippen molar-refractivity contribution in [1.29, 1.82) is 0 Å². The maximum atomic E-state index is 5.48. The third-order valence-corrected chi connectivity index (χ3v) is 5.22. The van der Waals surface area contributed by atoms with Crippen molar-refractivity contribution in [2.45, 2.75) is 38.1 Å². The largest absolute Gasteiger partial charge is 0.381 e. The van der Waals surface area contributed by atoms with Crippen molar-refractivity contribution in [1.82, 2.24) is 25.2 Å². The van der Waals surface area contributed by atoms with E-state index in [4.69, 9.17) is 4.74 Å². The molecular weight excluding hydrogens is 302 g/mol. The molecule has 6 heteroatoms. The second-order valence-electron chi connectivity index (χ2n) is 7.01. The highest BCUT2D eigenvalue weighted by molar-refractivity contribution is 5.83. The number of rotatable bonds is 4. The van der Waals surface area contributed by atoms with E-state index in [9.17, 15) is 0 Å². The third-order valence-electron chi connectivity index (χ3n) is 5.22. The van der Waals surface area contributed by atoms with Crippen LogP contribution >= 0.6 is 0 Å². The number of hydrogen-bond donors (Lipinski definition) is 1. The van der Waals surface area contributed by atoms with E-state index < -0.39 is 0 Å².